The molecule has 0 unspecified atom stereocenters. The number of nitrogens with zero attached hydrogens (tertiary/aromatic N) is 3. The average molecular weight is 554 g/mol. The molecule has 0 saturated heterocycles. The van der Waals surface area contributed by atoms with E-state index < -0.39 is 0 Å². The molecule has 1 heterocycles. The van der Waals surface area contributed by atoms with Gasteiger partial charge in [0.25, 0.3) is 5.91 Å². The molecular weight excluding hydrogens is 522 g/mol. The third-order valence-corrected chi connectivity index (χ3v) is 7.43. The standard InChI is InChI=1S/C29H31N3O4S.ClH/c1-5-31(6-2)18-19-32(29-30-25-23(35-3)16-17-24(36-4)27(25)37-29)28(34)22-14-12-21(13-15-22)26(33)20-10-8-7-9-11-20;/h7-17H,5-6,18-19H2,1-4H3;1H. The Morgan fingerprint density at radius 1 is 0.789 bits per heavy atom. The predicted octanol–water partition coefficient (Wildman–Crippen LogP) is 5.95. The molecule has 0 N–H and O–H groups in total. The van der Waals surface area contributed by atoms with Crippen LogP contribution in [0, 0.1) is 0 Å². The number of carbonyl (C=O) groups is 2. The van der Waals surface area contributed by atoms with Crippen LogP contribution in [0.15, 0.2) is 66.7 Å². The van der Waals surface area contributed by atoms with Crippen LogP contribution in [0.1, 0.15) is 40.1 Å². The van der Waals surface area contributed by atoms with Crippen molar-refractivity contribution >= 4 is 50.8 Å². The van der Waals surface area contributed by atoms with Gasteiger partial charge in [0.15, 0.2) is 10.9 Å². The number of carbonyl (C=O) groups excluding carboxylic acids is 2. The van der Waals surface area contributed by atoms with Gasteiger partial charge in [0.1, 0.15) is 21.7 Å². The maximum Gasteiger partial charge on any atom is 0.260 e. The molecule has 3 aromatic carbocycles. The Bertz CT molecular complexity index is 1330. The van der Waals surface area contributed by atoms with E-state index in [0.717, 1.165) is 17.8 Å². The summed E-state index contributed by atoms with van der Waals surface area (Å²) in [6, 6.07) is 19.6. The van der Waals surface area contributed by atoms with E-state index in [0.29, 0.717) is 51.9 Å². The van der Waals surface area contributed by atoms with Crippen LogP contribution in [0.3, 0.4) is 0 Å². The zero-order valence-electron chi connectivity index (χ0n) is 22.0. The maximum absolute atomic E-state index is 13.8. The number of benzene rings is 3. The number of halogens is 1. The zero-order valence-corrected chi connectivity index (χ0v) is 23.6. The monoisotopic (exact) mass is 553 g/mol. The van der Waals surface area contributed by atoms with Gasteiger partial charge in [0, 0.05) is 29.8 Å². The number of likely N-dealkylation sites (N-methyl/N-ethyl adjacent to an activating group) is 1. The van der Waals surface area contributed by atoms with Gasteiger partial charge in [-0.05, 0) is 37.4 Å². The minimum atomic E-state index is -0.178. The average Bonchev–Trinajstić information content (AvgIpc) is 3.40. The van der Waals surface area contributed by atoms with Crippen molar-refractivity contribution < 1.29 is 19.1 Å². The quantitative estimate of drug-likeness (QED) is 0.214. The van der Waals surface area contributed by atoms with E-state index in [1.165, 1.54) is 11.3 Å². The third-order valence-electron chi connectivity index (χ3n) is 6.34. The molecule has 0 aliphatic carbocycles. The van der Waals surface area contributed by atoms with Crippen molar-refractivity contribution in [3.63, 3.8) is 0 Å². The first-order chi connectivity index (χ1) is 18.0. The van der Waals surface area contributed by atoms with Gasteiger partial charge in [-0.15, -0.1) is 12.4 Å². The molecule has 0 atom stereocenters. The van der Waals surface area contributed by atoms with Crippen molar-refractivity contribution in [1.82, 2.24) is 9.88 Å². The summed E-state index contributed by atoms with van der Waals surface area (Å²) in [5, 5.41) is 0.569. The highest BCUT2D eigenvalue weighted by molar-refractivity contribution is 7.22. The van der Waals surface area contributed by atoms with Gasteiger partial charge >= 0.3 is 0 Å². The predicted molar refractivity (Wildman–Crippen MR) is 156 cm³/mol. The minimum absolute atomic E-state index is 0. The topological polar surface area (TPSA) is 72.0 Å². The summed E-state index contributed by atoms with van der Waals surface area (Å²) in [6.07, 6.45) is 0. The van der Waals surface area contributed by atoms with Crippen LogP contribution < -0.4 is 14.4 Å². The molecule has 0 spiro atoms. The van der Waals surface area contributed by atoms with E-state index >= 15 is 0 Å². The summed E-state index contributed by atoms with van der Waals surface area (Å²) in [5.74, 6) is 1.05. The van der Waals surface area contributed by atoms with Gasteiger partial charge in [0.05, 0.1) is 14.2 Å². The van der Waals surface area contributed by atoms with Crippen LogP contribution in [0.4, 0.5) is 5.13 Å². The van der Waals surface area contributed by atoms with Crippen LogP contribution in [-0.2, 0) is 0 Å². The molecule has 0 radical (unpaired) electrons. The molecule has 7 nitrogen and oxygen atoms in total. The first kappa shape index (κ1) is 29.1. The molecular formula is C29H32ClN3O4S. The highest BCUT2D eigenvalue weighted by Gasteiger charge is 2.24. The summed E-state index contributed by atoms with van der Waals surface area (Å²) in [5.41, 5.74) is 2.29. The molecule has 1 aromatic heterocycles. The molecule has 4 aromatic rings. The number of anilines is 1. The van der Waals surface area contributed by atoms with Crippen LogP contribution in [-0.4, -0.2) is 62.0 Å². The van der Waals surface area contributed by atoms with Crippen molar-refractivity contribution in [2.75, 3.05) is 45.3 Å². The van der Waals surface area contributed by atoms with Crippen LogP contribution in [0.5, 0.6) is 11.5 Å². The summed E-state index contributed by atoms with van der Waals surface area (Å²) in [6.45, 7) is 7.15. The fraction of sp³-hybridized carbons (Fsp3) is 0.276. The molecule has 0 fully saturated rings. The van der Waals surface area contributed by atoms with E-state index in [2.05, 4.69) is 18.7 Å². The van der Waals surface area contributed by atoms with Gasteiger partial charge in [0.2, 0.25) is 0 Å². The zero-order chi connectivity index (χ0) is 26.4. The number of fused-ring (bicyclic) bond motifs is 1. The van der Waals surface area contributed by atoms with Crippen LogP contribution in [0.2, 0.25) is 0 Å². The molecule has 4 rings (SSSR count). The second-order valence-electron chi connectivity index (χ2n) is 8.40. The van der Waals surface area contributed by atoms with Crippen molar-refractivity contribution in [2.45, 2.75) is 13.8 Å². The Hall–Kier alpha value is -3.46. The van der Waals surface area contributed by atoms with E-state index in [1.54, 1.807) is 55.5 Å². The van der Waals surface area contributed by atoms with Crippen molar-refractivity contribution in [3.8, 4) is 11.5 Å². The maximum atomic E-state index is 13.8. The number of aromatic nitrogens is 1. The van der Waals surface area contributed by atoms with Gasteiger partial charge in [-0.3, -0.25) is 14.5 Å². The first-order valence-electron chi connectivity index (χ1n) is 12.3. The lowest BCUT2D eigenvalue weighted by atomic mass is 10.0. The number of ketones is 1. The van der Waals surface area contributed by atoms with E-state index in [4.69, 9.17) is 14.5 Å². The van der Waals surface area contributed by atoms with Crippen molar-refractivity contribution in [1.29, 1.82) is 0 Å². The Balaban J connectivity index is 0.00000400. The molecule has 9 heteroatoms. The van der Waals surface area contributed by atoms with Crippen LogP contribution in [0.25, 0.3) is 10.2 Å². The highest BCUT2D eigenvalue weighted by Crippen LogP contribution is 2.40. The van der Waals surface area contributed by atoms with Crippen molar-refractivity contribution in [2.24, 2.45) is 0 Å². The number of rotatable bonds is 11. The Morgan fingerprint density at radius 2 is 1.37 bits per heavy atom. The van der Waals surface area contributed by atoms with Gasteiger partial charge in [-0.25, -0.2) is 4.98 Å². The lowest BCUT2D eigenvalue weighted by molar-refractivity contribution is 0.0981. The van der Waals surface area contributed by atoms with E-state index in [1.807, 2.05) is 30.3 Å². The van der Waals surface area contributed by atoms with E-state index in [-0.39, 0.29) is 24.1 Å². The third kappa shape index (κ3) is 6.15. The van der Waals surface area contributed by atoms with Crippen molar-refractivity contribution in [3.05, 3.63) is 83.4 Å². The summed E-state index contributed by atoms with van der Waals surface area (Å²) in [7, 11) is 3.21. The summed E-state index contributed by atoms with van der Waals surface area (Å²) >= 11 is 1.40. The van der Waals surface area contributed by atoms with Gasteiger partial charge in [-0.1, -0.05) is 67.6 Å². The Kier molecular flexibility index (Phi) is 10.2. The number of ether oxygens (including phenoxy) is 2. The summed E-state index contributed by atoms with van der Waals surface area (Å²) < 4.78 is 11.9. The van der Waals surface area contributed by atoms with Gasteiger partial charge in [-0.2, -0.15) is 0 Å². The molecule has 38 heavy (non-hydrogen) atoms. The number of amides is 1. The molecule has 0 bridgehead atoms. The van der Waals surface area contributed by atoms with Gasteiger partial charge < -0.3 is 14.4 Å². The SMILES string of the molecule is CCN(CC)CCN(C(=O)c1ccc(C(=O)c2ccccc2)cc1)c1nc2c(OC)ccc(OC)c2s1.Cl. The van der Waals surface area contributed by atoms with E-state index in [9.17, 15) is 9.59 Å². The highest BCUT2D eigenvalue weighted by atomic mass is 35.5. The lowest BCUT2D eigenvalue weighted by Gasteiger charge is -2.24. The molecule has 0 aliphatic rings. The minimum Gasteiger partial charge on any atom is -0.495 e. The van der Waals surface area contributed by atoms with Crippen LogP contribution >= 0.6 is 23.7 Å². The lowest BCUT2D eigenvalue weighted by Crippen LogP contribution is -2.38. The fourth-order valence-electron chi connectivity index (χ4n) is 4.13. The smallest absolute Gasteiger partial charge is 0.260 e. The summed E-state index contributed by atoms with van der Waals surface area (Å²) in [4.78, 5) is 35.4. The molecule has 0 saturated carbocycles. The molecule has 200 valence electrons. The normalized spacial score (nSPS) is 10.8. The number of hydrogen-bond acceptors (Lipinski definition) is 7. The Labute approximate surface area is 233 Å². The fourth-order valence-corrected chi connectivity index (χ4v) is 5.23. The first-order valence-corrected chi connectivity index (χ1v) is 13.1. The number of methoxy groups -OCH3 is 2. The molecule has 0 aliphatic heterocycles. The molecule has 1 amide bonds. The number of hydrogen-bond donors (Lipinski definition) is 0. The second-order valence-corrected chi connectivity index (χ2v) is 9.38. The second kappa shape index (κ2) is 13.4. The number of thiazole rings is 1. The Morgan fingerprint density at radius 3 is 1.97 bits per heavy atom. The largest absolute Gasteiger partial charge is 0.495 e.